The Morgan fingerprint density at radius 2 is 1.87 bits per heavy atom. The molecule has 1 fully saturated rings. The molecule has 2 aromatic rings. The van der Waals surface area contributed by atoms with Crippen molar-refractivity contribution >= 4 is 17.3 Å². The molecule has 1 saturated heterocycles. The van der Waals surface area contributed by atoms with Crippen molar-refractivity contribution in [2.45, 2.75) is 19.3 Å². The van der Waals surface area contributed by atoms with Gasteiger partial charge in [-0.15, -0.1) is 0 Å². The lowest BCUT2D eigenvalue weighted by Gasteiger charge is -2.36. The fraction of sp³-hybridized carbons (Fsp3) is 0.478. The molecule has 7 nitrogen and oxygen atoms in total. The number of para-hydroxylation sites is 1. The highest BCUT2D eigenvalue weighted by molar-refractivity contribution is 6.11. The number of aromatic nitrogens is 1. The summed E-state index contributed by atoms with van der Waals surface area (Å²) in [6, 6.07) is 12.4. The Morgan fingerprint density at radius 1 is 1.10 bits per heavy atom. The highest BCUT2D eigenvalue weighted by Gasteiger charge is 2.31. The lowest BCUT2D eigenvalue weighted by molar-refractivity contribution is 0.0787. The molecule has 0 radical (unpaired) electrons. The summed E-state index contributed by atoms with van der Waals surface area (Å²) in [4.78, 5) is 22.3. The second-order valence-corrected chi connectivity index (χ2v) is 8.29. The number of nitrogens with zero attached hydrogens (tertiary/aromatic N) is 4. The van der Waals surface area contributed by atoms with E-state index in [4.69, 9.17) is 0 Å². The minimum absolute atomic E-state index is 0.0220. The molecule has 4 rings (SSSR count). The van der Waals surface area contributed by atoms with Crippen LogP contribution in [0.2, 0.25) is 0 Å². The fourth-order valence-electron chi connectivity index (χ4n) is 4.62. The van der Waals surface area contributed by atoms with Crippen molar-refractivity contribution in [1.82, 2.24) is 14.8 Å². The Bertz CT molecular complexity index is 871. The number of unbranched alkanes of at least 4 members (excludes halogenated alkanes) is 1. The molecule has 0 spiro atoms. The van der Waals surface area contributed by atoms with Gasteiger partial charge in [-0.3, -0.25) is 9.69 Å². The maximum atomic E-state index is 12.5. The van der Waals surface area contributed by atoms with E-state index in [9.17, 15) is 10.0 Å². The van der Waals surface area contributed by atoms with Crippen LogP contribution in [0.1, 0.15) is 35.3 Å². The van der Waals surface area contributed by atoms with Crippen LogP contribution in [0.25, 0.3) is 0 Å². The molecule has 30 heavy (non-hydrogen) atoms. The third-order valence-corrected chi connectivity index (χ3v) is 6.34. The van der Waals surface area contributed by atoms with Crippen molar-refractivity contribution in [2.75, 3.05) is 51.2 Å². The normalized spacial score (nSPS) is 21.7. The minimum Gasteiger partial charge on any atom is -0.411 e. The summed E-state index contributed by atoms with van der Waals surface area (Å²) in [6.45, 7) is 5.97. The highest BCUT2D eigenvalue weighted by Crippen LogP contribution is 2.25. The van der Waals surface area contributed by atoms with Crippen LogP contribution in [0.15, 0.2) is 47.8 Å². The maximum absolute atomic E-state index is 12.5. The van der Waals surface area contributed by atoms with E-state index in [0.29, 0.717) is 23.5 Å². The smallest absolute Gasteiger partial charge is 0.255 e. The Balaban J connectivity index is 1.25. The highest BCUT2D eigenvalue weighted by atomic mass is 16.4. The van der Waals surface area contributed by atoms with Crippen LogP contribution in [-0.4, -0.2) is 77.9 Å². The molecule has 1 unspecified atom stereocenters. The van der Waals surface area contributed by atoms with Crippen molar-refractivity contribution < 1.29 is 10.0 Å². The number of nitrogens with one attached hydrogen (secondary N) is 1. The Labute approximate surface area is 178 Å². The van der Waals surface area contributed by atoms with Crippen LogP contribution < -0.4 is 4.90 Å². The molecule has 3 heterocycles. The topological polar surface area (TPSA) is 75.2 Å². The summed E-state index contributed by atoms with van der Waals surface area (Å²) in [5, 5.41) is 13.2. The Hall–Kier alpha value is -2.80. The van der Waals surface area contributed by atoms with E-state index in [2.05, 4.69) is 50.3 Å². The minimum atomic E-state index is -0.0220. The molecular formula is C23H31N5O2. The fourth-order valence-corrected chi connectivity index (χ4v) is 4.62. The molecule has 160 valence electrons. The van der Waals surface area contributed by atoms with Gasteiger partial charge >= 0.3 is 0 Å². The summed E-state index contributed by atoms with van der Waals surface area (Å²) >= 11 is 0. The van der Waals surface area contributed by atoms with Crippen LogP contribution >= 0.6 is 0 Å². The first-order valence-electron chi connectivity index (χ1n) is 10.8. The summed E-state index contributed by atoms with van der Waals surface area (Å²) in [5.74, 6) is 0.0185. The van der Waals surface area contributed by atoms with Crippen LogP contribution in [0.5, 0.6) is 0 Å². The summed E-state index contributed by atoms with van der Waals surface area (Å²) in [5.41, 5.74) is 3.16. The maximum Gasteiger partial charge on any atom is 0.255 e. The van der Waals surface area contributed by atoms with E-state index >= 15 is 0 Å². The number of amides is 1. The van der Waals surface area contributed by atoms with Gasteiger partial charge in [0.2, 0.25) is 0 Å². The second kappa shape index (κ2) is 9.34. The third kappa shape index (κ3) is 4.36. The number of hydrogen-bond donors (Lipinski definition) is 2. The van der Waals surface area contributed by atoms with E-state index in [-0.39, 0.29) is 11.8 Å². The van der Waals surface area contributed by atoms with Crippen molar-refractivity contribution in [1.29, 1.82) is 0 Å². The van der Waals surface area contributed by atoms with Crippen molar-refractivity contribution in [3.05, 3.63) is 53.9 Å². The zero-order valence-electron chi connectivity index (χ0n) is 17.6. The Kier molecular flexibility index (Phi) is 6.38. The quantitative estimate of drug-likeness (QED) is 0.437. The molecular weight excluding hydrogens is 378 g/mol. The van der Waals surface area contributed by atoms with Gasteiger partial charge in [0.05, 0.1) is 11.3 Å². The largest absolute Gasteiger partial charge is 0.411 e. The van der Waals surface area contributed by atoms with Gasteiger partial charge in [0.15, 0.2) is 0 Å². The lowest BCUT2D eigenvalue weighted by atomic mass is 9.94. The molecule has 2 aliphatic rings. The molecule has 1 amide bonds. The number of anilines is 1. The number of H-pyrrole nitrogens is 1. The second-order valence-electron chi connectivity index (χ2n) is 8.29. The monoisotopic (exact) mass is 409 g/mol. The van der Waals surface area contributed by atoms with Crippen molar-refractivity contribution in [2.24, 2.45) is 11.1 Å². The molecule has 1 atom stereocenters. The van der Waals surface area contributed by atoms with Crippen LogP contribution in [0.3, 0.4) is 0 Å². The molecule has 0 bridgehead atoms. The average molecular weight is 410 g/mol. The standard InChI is InChI=1S/C23H31N5O2/c1-26-17-18(21(25-30)22-20(23(26)29)10-11-24-22)7-5-6-12-27-13-15-28(16-14-27)19-8-3-2-4-9-19/h2-4,8-11,18,24,30H,5-7,12-17H2,1H3. The SMILES string of the molecule is CN1CC(CCCCN2CCN(c3ccccc3)CC2)C(=NO)c2[nH]ccc2C1=O. The number of benzene rings is 1. The predicted octanol–water partition coefficient (Wildman–Crippen LogP) is 2.89. The predicted molar refractivity (Wildman–Crippen MR) is 119 cm³/mol. The molecule has 1 aromatic heterocycles. The van der Waals surface area contributed by atoms with Crippen LogP contribution in [0, 0.1) is 5.92 Å². The Morgan fingerprint density at radius 3 is 2.60 bits per heavy atom. The number of aromatic amines is 1. The van der Waals surface area contributed by atoms with Gasteiger partial charge in [0.1, 0.15) is 5.71 Å². The van der Waals surface area contributed by atoms with E-state index in [1.54, 1.807) is 17.2 Å². The zero-order valence-corrected chi connectivity index (χ0v) is 17.6. The van der Waals surface area contributed by atoms with Gasteiger partial charge < -0.3 is 20.0 Å². The van der Waals surface area contributed by atoms with E-state index in [1.807, 2.05) is 7.05 Å². The van der Waals surface area contributed by atoms with Gasteiger partial charge in [-0.05, 0) is 37.6 Å². The number of fused-ring (bicyclic) bond motifs is 1. The first-order valence-corrected chi connectivity index (χ1v) is 10.8. The molecule has 1 aromatic carbocycles. The number of rotatable bonds is 6. The van der Waals surface area contributed by atoms with Gasteiger partial charge in [-0.1, -0.05) is 29.8 Å². The number of carbonyl (C=O) groups is 1. The van der Waals surface area contributed by atoms with Crippen LogP contribution in [-0.2, 0) is 0 Å². The van der Waals surface area contributed by atoms with Gasteiger partial charge in [-0.25, -0.2) is 0 Å². The summed E-state index contributed by atoms with van der Waals surface area (Å²) in [6.07, 6.45) is 4.79. The third-order valence-electron chi connectivity index (χ3n) is 6.34. The molecule has 2 N–H and O–H groups in total. The number of piperazine rings is 1. The zero-order chi connectivity index (χ0) is 20.9. The first kappa shape index (κ1) is 20.5. The van der Waals surface area contributed by atoms with E-state index in [0.717, 1.165) is 52.0 Å². The molecule has 2 aliphatic heterocycles. The molecule has 0 saturated carbocycles. The van der Waals surface area contributed by atoms with E-state index < -0.39 is 0 Å². The van der Waals surface area contributed by atoms with Crippen molar-refractivity contribution in [3.63, 3.8) is 0 Å². The van der Waals surface area contributed by atoms with Gasteiger partial charge in [-0.2, -0.15) is 0 Å². The van der Waals surface area contributed by atoms with Crippen LogP contribution in [0.4, 0.5) is 5.69 Å². The molecule has 0 aliphatic carbocycles. The van der Waals surface area contributed by atoms with Gasteiger partial charge in [0.25, 0.3) is 5.91 Å². The first-order chi connectivity index (χ1) is 14.7. The summed E-state index contributed by atoms with van der Waals surface area (Å²) in [7, 11) is 1.82. The molecule has 7 heteroatoms. The van der Waals surface area contributed by atoms with E-state index in [1.165, 1.54) is 5.69 Å². The number of oxime groups is 1. The average Bonchev–Trinajstić information content (AvgIpc) is 3.23. The number of hydrogen-bond acceptors (Lipinski definition) is 5. The summed E-state index contributed by atoms with van der Waals surface area (Å²) < 4.78 is 0. The van der Waals surface area contributed by atoms with Crippen molar-refractivity contribution in [3.8, 4) is 0 Å². The number of carbonyl (C=O) groups excluding carboxylic acids is 1. The van der Waals surface area contributed by atoms with Gasteiger partial charge in [0, 0.05) is 57.6 Å². The lowest BCUT2D eigenvalue weighted by Crippen LogP contribution is -2.46.